The van der Waals surface area contributed by atoms with Crippen LogP contribution in [-0.4, -0.2) is 44.0 Å². The summed E-state index contributed by atoms with van der Waals surface area (Å²) in [6.07, 6.45) is 0.713. The summed E-state index contributed by atoms with van der Waals surface area (Å²) in [7, 11) is 3.12. The molecule has 1 atom stereocenters. The van der Waals surface area contributed by atoms with E-state index in [1.54, 1.807) is 55.1 Å². The van der Waals surface area contributed by atoms with E-state index in [4.69, 9.17) is 9.47 Å². The Balaban J connectivity index is 1.64. The second-order valence-corrected chi connectivity index (χ2v) is 7.47. The molecule has 2 amide bonds. The Morgan fingerprint density at radius 3 is 2.67 bits per heavy atom. The third-order valence-corrected chi connectivity index (χ3v) is 5.83. The SMILES string of the molecule is COc1ccc(NC(=O)N2CCS[C@H](c3ccccc3F)CC2)cc1OC. The molecule has 3 rings (SSSR count). The molecule has 1 saturated heterocycles. The Morgan fingerprint density at radius 1 is 1.15 bits per heavy atom. The first-order valence-corrected chi connectivity index (χ1v) is 9.81. The third-order valence-electron chi connectivity index (χ3n) is 4.52. The number of carbonyl (C=O) groups excluding carboxylic acids is 1. The predicted molar refractivity (Wildman–Crippen MR) is 106 cm³/mol. The number of rotatable bonds is 4. The van der Waals surface area contributed by atoms with Crippen LogP contribution in [-0.2, 0) is 0 Å². The molecule has 1 N–H and O–H groups in total. The molecule has 7 heteroatoms. The van der Waals surface area contributed by atoms with Gasteiger partial charge in [0, 0.05) is 41.4 Å². The Labute approximate surface area is 162 Å². The number of hydrogen-bond acceptors (Lipinski definition) is 4. The van der Waals surface area contributed by atoms with Gasteiger partial charge in [-0.1, -0.05) is 18.2 Å². The summed E-state index contributed by atoms with van der Waals surface area (Å²) in [6, 6.07) is 11.9. The van der Waals surface area contributed by atoms with Crippen molar-refractivity contribution in [2.45, 2.75) is 11.7 Å². The highest BCUT2D eigenvalue weighted by Gasteiger charge is 2.24. The van der Waals surface area contributed by atoms with Gasteiger partial charge in [-0.15, -0.1) is 0 Å². The number of ether oxygens (including phenoxy) is 2. The molecular formula is C20H23FN2O3S. The molecule has 1 fully saturated rings. The molecule has 0 aliphatic carbocycles. The van der Waals surface area contributed by atoms with Crippen LogP contribution in [0.5, 0.6) is 11.5 Å². The number of nitrogens with one attached hydrogen (secondary N) is 1. The van der Waals surface area contributed by atoms with Crippen molar-refractivity contribution >= 4 is 23.5 Å². The van der Waals surface area contributed by atoms with Gasteiger partial charge in [-0.25, -0.2) is 9.18 Å². The zero-order chi connectivity index (χ0) is 19.2. The number of anilines is 1. The van der Waals surface area contributed by atoms with Crippen molar-refractivity contribution < 1.29 is 18.7 Å². The van der Waals surface area contributed by atoms with Crippen molar-refractivity contribution in [3.8, 4) is 11.5 Å². The van der Waals surface area contributed by atoms with Gasteiger partial charge in [0.2, 0.25) is 0 Å². The van der Waals surface area contributed by atoms with E-state index in [2.05, 4.69) is 5.32 Å². The summed E-state index contributed by atoms with van der Waals surface area (Å²) in [5.74, 6) is 1.74. The Morgan fingerprint density at radius 2 is 1.93 bits per heavy atom. The smallest absolute Gasteiger partial charge is 0.321 e. The number of nitrogens with zero attached hydrogens (tertiary/aromatic N) is 1. The van der Waals surface area contributed by atoms with Gasteiger partial charge in [0.05, 0.1) is 14.2 Å². The van der Waals surface area contributed by atoms with Crippen LogP contribution in [0.1, 0.15) is 17.2 Å². The molecule has 1 aliphatic heterocycles. The minimum absolute atomic E-state index is 0.0603. The molecule has 5 nitrogen and oxygen atoms in total. The molecule has 0 bridgehead atoms. The van der Waals surface area contributed by atoms with E-state index in [0.717, 1.165) is 5.75 Å². The Kier molecular flexibility index (Phi) is 6.45. The van der Waals surface area contributed by atoms with E-state index in [1.165, 1.54) is 6.07 Å². The fraction of sp³-hybridized carbons (Fsp3) is 0.350. The zero-order valence-corrected chi connectivity index (χ0v) is 16.2. The van der Waals surface area contributed by atoms with E-state index < -0.39 is 0 Å². The highest BCUT2D eigenvalue weighted by molar-refractivity contribution is 7.99. The lowest BCUT2D eigenvalue weighted by atomic mass is 10.1. The standard InChI is InChI=1S/C20H23FN2O3S/c1-25-17-8-7-14(13-18(17)26-2)22-20(24)23-10-9-19(27-12-11-23)15-5-3-4-6-16(15)21/h3-8,13,19H,9-12H2,1-2H3,(H,22,24)/t19-/m0/s1. The maximum atomic E-state index is 14.1. The molecule has 27 heavy (non-hydrogen) atoms. The minimum atomic E-state index is -0.182. The average Bonchev–Trinajstić information content (AvgIpc) is 2.94. The van der Waals surface area contributed by atoms with E-state index in [0.29, 0.717) is 42.3 Å². The van der Waals surface area contributed by atoms with Gasteiger partial charge in [0.25, 0.3) is 0 Å². The maximum absolute atomic E-state index is 14.1. The number of carbonyl (C=O) groups is 1. The summed E-state index contributed by atoms with van der Waals surface area (Å²) in [5, 5.41) is 2.96. The van der Waals surface area contributed by atoms with Crippen LogP contribution in [0.2, 0.25) is 0 Å². The number of urea groups is 1. The lowest BCUT2D eigenvalue weighted by Crippen LogP contribution is -2.36. The number of halogens is 1. The minimum Gasteiger partial charge on any atom is -0.493 e. The Bertz CT molecular complexity index is 803. The van der Waals surface area contributed by atoms with Crippen LogP contribution in [0.4, 0.5) is 14.9 Å². The second-order valence-electron chi connectivity index (χ2n) is 6.16. The highest BCUT2D eigenvalue weighted by Crippen LogP contribution is 2.36. The van der Waals surface area contributed by atoms with Gasteiger partial charge >= 0.3 is 6.03 Å². The molecule has 2 aromatic carbocycles. The van der Waals surface area contributed by atoms with Crippen molar-refractivity contribution in [1.82, 2.24) is 4.90 Å². The van der Waals surface area contributed by atoms with Crippen LogP contribution in [0.15, 0.2) is 42.5 Å². The summed E-state index contributed by atoms with van der Waals surface area (Å²) < 4.78 is 24.5. The van der Waals surface area contributed by atoms with Crippen molar-refractivity contribution in [2.75, 3.05) is 38.4 Å². The number of thioether (sulfide) groups is 1. The molecule has 144 valence electrons. The topological polar surface area (TPSA) is 50.8 Å². The molecule has 0 radical (unpaired) electrons. The summed E-state index contributed by atoms with van der Waals surface area (Å²) in [4.78, 5) is 14.4. The number of hydrogen-bond donors (Lipinski definition) is 1. The van der Waals surface area contributed by atoms with Crippen LogP contribution < -0.4 is 14.8 Å². The van der Waals surface area contributed by atoms with Gasteiger partial charge in [-0.2, -0.15) is 11.8 Å². The van der Waals surface area contributed by atoms with E-state index >= 15 is 0 Å². The number of amides is 2. The molecule has 0 unspecified atom stereocenters. The van der Waals surface area contributed by atoms with Crippen molar-refractivity contribution in [1.29, 1.82) is 0 Å². The molecule has 0 spiro atoms. The molecular weight excluding hydrogens is 367 g/mol. The van der Waals surface area contributed by atoms with E-state index in [-0.39, 0.29) is 17.1 Å². The van der Waals surface area contributed by atoms with Crippen LogP contribution in [0.3, 0.4) is 0 Å². The monoisotopic (exact) mass is 390 g/mol. The third kappa shape index (κ3) is 4.66. The summed E-state index contributed by atoms with van der Waals surface area (Å²) in [5.41, 5.74) is 1.35. The number of benzene rings is 2. The molecule has 0 aromatic heterocycles. The lowest BCUT2D eigenvalue weighted by Gasteiger charge is -2.21. The number of methoxy groups -OCH3 is 2. The molecule has 1 heterocycles. The van der Waals surface area contributed by atoms with Gasteiger partial charge < -0.3 is 19.7 Å². The summed E-state index contributed by atoms with van der Waals surface area (Å²) in [6.45, 7) is 1.19. The summed E-state index contributed by atoms with van der Waals surface area (Å²) >= 11 is 1.69. The van der Waals surface area contributed by atoms with Crippen molar-refractivity contribution in [3.63, 3.8) is 0 Å². The van der Waals surface area contributed by atoms with Crippen molar-refractivity contribution in [2.24, 2.45) is 0 Å². The van der Waals surface area contributed by atoms with E-state index in [9.17, 15) is 9.18 Å². The van der Waals surface area contributed by atoms with Gasteiger partial charge in [0.1, 0.15) is 5.82 Å². The lowest BCUT2D eigenvalue weighted by molar-refractivity contribution is 0.215. The Hall–Kier alpha value is -2.41. The van der Waals surface area contributed by atoms with E-state index in [1.807, 2.05) is 12.1 Å². The van der Waals surface area contributed by atoms with Gasteiger partial charge in [-0.05, 0) is 24.6 Å². The van der Waals surface area contributed by atoms with Gasteiger partial charge in [-0.3, -0.25) is 0 Å². The van der Waals surface area contributed by atoms with Gasteiger partial charge in [0.15, 0.2) is 11.5 Å². The normalized spacial score (nSPS) is 17.1. The average molecular weight is 390 g/mol. The molecule has 2 aromatic rings. The zero-order valence-electron chi connectivity index (χ0n) is 15.4. The predicted octanol–water partition coefficient (Wildman–Crippen LogP) is 4.56. The second kappa shape index (κ2) is 8.99. The van der Waals surface area contributed by atoms with Crippen LogP contribution in [0, 0.1) is 5.82 Å². The maximum Gasteiger partial charge on any atom is 0.321 e. The quantitative estimate of drug-likeness (QED) is 0.832. The highest BCUT2D eigenvalue weighted by atomic mass is 32.2. The first-order valence-electron chi connectivity index (χ1n) is 8.76. The fourth-order valence-electron chi connectivity index (χ4n) is 3.07. The molecule has 1 aliphatic rings. The van der Waals surface area contributed by atoms with Crippen molar-refractivity contribution in [3.05, 3.63) is 53.8 Å². The first kappa shape index (κ1) is 19.4. The fourth-order valence-corrected chi connectivity index (χ4v) is 4.33. The first-order chi connectivity index (χ1) is 13.1. The van der Waals surface area contributed by atoms with Crippen LogP contribution in [0.25, 0.3) is 0 Å². The largest absolute Gasteiger partial charge is 0.493 e. The van der Waals surface area contributed by atoms with Crippen LogP contribution >= 0.6 is 11.8 Å². The molecule has 0 saturated carbocycles.